The van der Waals surface area contributed by atoms with E-state index in [0.717, 1.165) is 42.0 Å². The predicted octanol–water partition coefficient (Wildman–Crippen LogP) is 2.01. The fourth-order valence-corrected chi connectivity index (χ4v) is 2.34. The smallest absolute Gasteiger partial charge is 0.311 e. The van der Waals surface area contributed by atoms with Crippen LogP contribution < -0.4 is 16.0 Å². The van der Waals surface area contributed by atoms with Gasteiger partial charge in [0.2, 0.25) is 0 Å². The molecule has 0 spiro atoms. The first-order chi connectivity index (χ1) is 9.72. The molecule has 6 heteroatoms. The molecule has 0 saturated heterocycles. The Morgan fingerprint density at radius 1 is 1.35 bits per heavy atom. The second-order valence-electron chi connectivity index (χ2n) is 4.90. The first kappa shape index (κ1) is 12.7. The van der Waals surface area contributed by atoms with Gasteiger partial charge >= 0.3 is 6.03 Å². The van der Waals surface area contributed by atoms with Gasteiger partial charge in [0.15, 0.2) is 5.82 Å². The summed E-state index contributed by atoms with van der Waals surface area (Å²) in [5, 5.41) is 16.0. The number of aromatic nitrogens is 2. The Hall–Kier alpha value is -2.34. The average Bonchev–Trinajstić information content (AvgIpc) is 2.82. The predicted molar refractivity (Wildman–Crippen MR) is 77.8 cm³/mol. The van der Waals surface area contributed by atoms with E-state index in [0.29, 0.717) is 5.82 Å². The molecule has 104 valence electrons. The molecule has 6 nitrogen and oxygen atoms in total. The highest BCUT2D eigenvalue weighted by molar-refractivity contribution is 5.99. The molecule has 1 aliphatic heterocycles. The minimum atomic E-state index is -0.275. The third kappa shape index (κ3) is 2.65. The van der Waals surface area contributed by atoms with E-state index >= 15 is 0 Å². The van der Waals surface area contributed by atoms with Gasteiger partial charge in [-0.1, -0.05) is 12.1 Å². The van der Waals surface area contributed by atoms with Gasteiger partial charge in [-0.25, -0.2) is 4.79 Å². The van der Waals surface area contributed by atoms with Gasteiger partial charge in [0.25, 0.3) is 0 Å². The maximum atomic E-state index is 12.0. The molecule has 3 rings (SSSR count). The number of fused-ring (bicyclic) bond motifs is 1. The van der Waals surface area contributed by atoms with Crippen LogP contribution in [-0.2, 0) is 13.0 Å². The molecule has 0 saturated carbocycles. The summed E-state index contributed by atoms with van der Waals surface area (Å²) < 4.78 is 0. The molecule has 1 aliphatic rings. The topological polar surface area (TPSA) is 81.8 Å². The number of amides is 2. The summed E-state index contributed by atoms with van der Waals surface area (Å²) in [6.07, 6.45) is 0.867. The number of nitrogens with one attached hydrogen (secondary N) is 4. The lowest BCUT2D eigenvalue weighted by atomic mass is 10.1. The summed E-state index contributed by atoms with van der Waals surface area (Å²) in [7, 11) is 0. The largest absolute Gasteiger partial charge is 0.324 e. The highest BCUT2D eigenvalue weighted by atomic mass is 16.2. The molecule has 2 amide bonds. The summed E-state index contributed by atoms with van der Waals surface area (Å²) >= 11 is 0. The first-order valence-electron chi connectivity index (χ1n) is 6.64. The Morgan fingerprint density at radius 2 is 2.25 bits per heavy atom. The molecule has 4 N–H and O–H groups in total. The van der Waals surface area contributed by atoms with Crippen LogP contribution in [0.15, 0.2) is 24.3 Å². The van der Waals surface area contributed by atoms with Crippen molar-refractivity contribution in [2.75, 3.05) is 17.2 Å². The molecular formula is C14H17N5O. The van der Waals surface area contributed by atoms with Gasteiger partial charge in [-0.2, -0.15) is 5.10 Å². The van der Waals surface area contributed by atoms with Crippen molar-refractivity contribution in [1.82, 2.24) is 15.5 Å². The van der Waals surface area contributed by atoms with E-state index in [1.807, 2.05) is 31.2 Å². The monoisotopic (exact) mass is 271 g/mol. The number of rotatable bonds is 2. The summed E-state index contributed by atoms with van der Waals surface area (Å²) in [5.41, 5.74) is 4.00. The molecule has 20 heavy (non-hydrogen) atoms. The maximum Gasteiger partial charge on any atom is 0.324 e. The van der Waals surface area contributed by atoms with E-state index in [2.05, 4.69) is 26.1 Å². The fraction of sp³-hybridized carbons (Fsp3) is 0.286. The van der Waals surface area contributed by atoms with Gasteiger partial charge in [0.1, 0.15) is 0 Å². The van der Waals surface area contributed by atoms with E-state index in [4.69, 9.17) is 0 Å². The Morgan fingerprint density at radius 3 is 3.10 bits per heavy atom. The standard InChI is InChI=1S/C14H17N5O/c1-9-3-2-4-10(7-9)16-14(20)17-13-11-5-6-15-8-12(11)18-19-13/h2-4,7,15H,5-6,8H2,1H3,(H3,16,17,18,19,20). The molecule has 2 heterocycles. The van der Waals surface area contributed by atoms with E-state index in [-0.39, 0.29) is 6.03 Å². The molecule has 0 radical (unpaired) electrons. The number of carbonyl (C=O) groups is 1. The molecule has 2 aromatic rings. The lowest BCUT2D eigenvalue weighted by molar-refractivity contribution is 0.262. The van der Waals surface area contributed by atoms with E-state index < -0.39 is 0 Å². The zero-order valence-electron chi connectivity index (χ0n) is 11.3. The molecule has 0 fully saturated rings. The Bertz CT molecular complexity index is 634. The molecule has 0 atom stereocenters. The van der Waals surface area contributed by atoms with Crippen molar-refractivity contribution in [3.63, 3.8) is 0 Å². The van der Waals surface area contributed by atoms with Gasteiger partial charge in [-0.05, 0) is 37.6 Å². The Kier molecular flexibility index (Phi) is 3.39. The highest BCUT2D eigenvalue weighted by Gasteiger charge is 2.17. The number of aryl methyl sites for hydroxylation is 1. The molecule has 0 aliphatic carbocycles. The van der Waals surface area contributed by atoms with Crippen LogP contribution in [-0.4, -0.2) is 22.8 Å². The fourth-order valence-electron chi connectivity index (χ4n) is 2.34. The van der Waals surface area contributed by atoms with Gasteiger partial charge in [-0.3, -0.25) is 10.4 Å². The van der Waals surface area contributed by atoms with Gasteiger partial charge in [-0.15, -0.1) is 0 Å². The van der Waals surface area contributed by atoms with E-state index in [1.54, 1.807) is 0 Å². The average molecular weight is 271 g/mol. The lowest BCUT2D eigenvalue weighted by Crippen LogP contribution is -2.25. The van der Waals surface area contributed by atoms with E-state index in [9.17, 15) is 4.79 Å². The molecule has 0 bridgehead atoms. The van der Waals surface area contributed by atoms with Gasteiger partial charge in [0, 0.05) is 17.8 Å². The summed E-state index contributed by atoms with van der Waals surface area (Å²) in [5.74, 6) is 0.617. The highest BCUT2D eigenvalue weighted by Crippen LogP contribution is 2.20. The molecular weight excluding hydrogens is 254 g/mol. The van der Waals surface area contributed by atoms with Crippen LogP contribution in [0.5, 0.6) is 0 Å². The summed E-state index contributed by atoms with van der Waals surface area (Å²) in [6.45, 7) is 3.66. The number of hydrogen-bond acceptors (Lipinski definition) is 3. The first-order valence-corrected chi connectivity index (χ1v) is 6.64. The lowest BCUT2D eigenvalue weighted by Gasteiger charge is -2.13. The zero-order valence-corrected chi connectivity index (χ0v) is 11.3. The quantitative estimate of drug-likeness (QED) is 0.674. The number of aromatic amines is 1. The number of H-pyrrole nitrogens is 1. The SMILES string of the molecule is Cc1cccc(NC(=O)Nc2n[nH]c3c2CCNC3)c1. The van der Waals surface area contributed by atoms with Crippen molar-refractivity contribution in [1.29, 1.82) is 0 Å². The van der Waals surface area contributed by atoms with Crippen molar-refractivity contribution < 1.29 is 4.79 Å². The van der Waals surface area contributed by atoms with Gasteiger partial charge < -0.3 is 10.6 Å². The molecule has 1 aromatic heterocycles. The summed E-state index contributed by atoms with van der Waals surface area (Å²) in [4.78, 5) is 12.0. The van der Waals surface area contributed by atoms with Crippen LogP contribution in [0.25, 0.3) is 0 Å². The number of benzene rings is 1. The van der Waals surface area contributed by atoms with Crippen molar-refractivity contribution in [3.8, 4) is 0 Å². The Labute approximate surface area is 117 Å². The van der Waals surface area contributed by atoms with Gasteiger partial charge in [0.05, 0.1) is 5.69 Å². The van der Waals surface area contributed by atoms with Crippen LogP contribution >= 0.6 is 0 Å². The van der Waals surface area contributed by atoms with Crippen LogP contribution in [0.3, 0.4) is 0 Å². The maximum absolute atomic E-state index is 12.0. The van der Waals surface area contributed by atoms with Crippen molar-refractivity contribution in [3.05, 3.63) is 41.1 Å². The third-order valence-electron chi connectivity index (χ3n) is 3.31. The third-order valence-corrected chi connectivity index (χ3v) is 3.31. The minimum absolute atomic E-state index is 0.275. The molecule has 1 aromatic carbocycles. The second kappa shape index (κ2) is 5.34. The van der Waals surface area contributed by atoms with Crippen LogP contribution in [0.1, 0.15) is 16.8 Å². The summed E-state index contributed by atoms with van der Waals surface area (Å²) in [6, 6.07) is 7.40. The van der Waals surface area contributed by atoms with Crippen LogP contribution in [0, 0.1) is 6.92 Å². The van der Waals surface area contributed by atoms with Crippen molar-refractivity contribution >= 4 is 17.5 Å². The number of urea groups is 1. The number of nitrogens with zero attached hydrogens (tertiary/aromatic N) is 1. The van der Waals surface area contributed by atoms with Crippen LogP contribution in [0.4, 0.5) is 16.3 Å². The van der Waals surface area contributed by atoms with Crippen molar-refractivity contribution in [2.45, 2.75) is 19.9 Å². The molecule has 0 unspecified atom stereocenters. The second-order valence-corrected chi connectivity index (χ2v) is 4.90. The number of carbonyl (C=O) groups excluding carboxylic acids is 1. The van der Waals surface area contributed by atoms with E-state index in [1.165, 1.54) is 0 Å². The number of hydrogen-bond donors (Lipinski definition) is 4. The van der Waals surface area contributed by atoms with Crippen molar-refractivity contribution in [2.24, 2.45) is 0 Å². The minimum Gasteiger partial charge on any atom is -0.311 e. The van der Waals surface area contributed by atoms with Crippen LogP contribution in [0.2, 0.25) is 0 Å². The normalized spacial score (nSPS) is 13.7. The number of anilines is 2. The zero-order chi connectivity index (χ0) is 13.9. The Balaban J connectivity index is 1.69.